The lowest BCUT2D eigenvalue weighted by atomic mass is 10.1. The van der Waals surface area contributed by atoms with Gasteiger partial charge in [0.15, 0.2) is 5.16 Å². The first kappa shape index (κ1) is 19.7. The molecular formula is C18H16ClN5O3S. The van der Waals surface area contributed by atoms with Crippen LogP contribution in [0, 0.1) is 0 Å². The van der Waals surface area contributed by atoms with E-state index >= 15 is 0 Å². The van der Waals surface area contributed by atoms with Crippen LogP contribution in [0.25, 0.3) is 5.69 Å². The van der Waals surface area contributed by atoms with E-state index in [1.165, 1.54) is 31.0 Å². The van der Waals surface area contributed by atoms with Crippen LogP contribution >= 0.6 is 23.4 Å². The van der Waals surface area contributed by atoms with Crippen LogP contribution in [0.5, 0.6) is 5.75 Å². The second kappa shape index (κ2) is 8.77. The number of carbonyl (C=O) groups excluding carboxylic acids is 2. The zero-order valence-corrected chi connectivity index (χ0v) is 16.3. The Morgan fingerprint density at radius 1 is 1.29 bits per heavy atom. The summed E-state index contributed by atoms with van der Waals surface area (Å²) in [6, 6.07) is 11.8. The average molecular weight is 418 g/mol. The summed E-state index contributed by atoms with van der Waals surface area (Å²) in [4.78, 5) is 23.7. The third kappa shape index (κ3) is 4.62. The quantitative estimate of drug-likeness (QED) is 0.571. The van der Waals surface area contributed by atoms with E-state index in [0.717, 1.165) is 5.69 Å². The molecule has 0 unspecified atom stereocenters. The van der Waals surface area contributed by atoms with Crippen molar-refractivity contribution in [2.75, 3.05) is 18.2 Å². The minimum atomic E-state index is -0.595. The van der Waals surface area contributed by atoms with Gasteiger partial charge in [-0.25, -0.2) is 0 Å². The normalized spacial score (nSPS) is 10.5. The number of anilines is 1. The van der Waals surface area contributed by atoms with Gasteiger partial charge in [0.2, 0.25) is 11.8 Å². The van der Waals surface area contributed by atoms with E-state index in [2.05, 4.69) is 15.5 Å². The van der Waals surface area contributed by atoms with Crippen molar-refractivity contribution in [3.05, 3.63) is 59.4 Å². The second-order valence-electron chi connectivity index (χ2n) is 5.58. The highest BCUT2D eigenvalue weighted by Crippen LogP contribution is 2.26. The van der Waals surface area contributed by atoms with Crippen LogP contribution < -0.4 is 15.8 Å². The summed E-state index contributed by atoms with van der Waals surface area (Å²) in [5, 5.41) is 11.8. The summed E-state index contributed by atoms with van der Waals surface area (Å²) in [6.45, 7) is 0. The lowest BCUT2D eigenvalue weighted by Crippen LogP contribution is -2.17. The molecule has 0 aliphatic carbocycles. The van der Waals surface area contributed by atoms with E-state index in [1.54, 1.807) is 29.1 Å². The Labute approximate surface area is 170 Å². The van der Waals surface area contributed by atoms with Crippen molar-refractivity contribution in [3.8, 4) is 11.4 Å². The van der Waals surface area contributed by atoms with E-state index in [0.29, 0.717) is 21.6 Å². The third-order valence-electron chi connectivity index (χ3n) is 3.69. The summed E-state index contributed by atoms with van der Waals surface area (Å²) in [6.07, 6.45) is 1.55. The number of thioether (sulfide) groups is 1. The van der Waals surface area contributed by atoms with Crippen LogP contribution in [0.2, 0.25) is 5.02 Å². The summed E-state index contributed by atoms with van der Waals surface area (Å²) >= 11 is 7.23. The molecule has 0 saturated heterocycles. The van der Waals surface area contributed by atoms with Crippen LogP contribution in [0.1, 0.15) is 10.4 Å². The van der Waals surface area contributed by atoms with Gasteiger partial charge in [-0.1, -0.05) is 29.4 Å². The standard InChI is InChI=1S/C18H16ClN5O3S/c1-27-15-6-5-11(17(20)26)7-14(15)22-16(25)9-28-18-23-21-10-24(18)13-4-2-3-12(19)8-13/h2-8,10H,9H2,1H3,(H2,20,26)(H,22,25). The number of aromatic nitrogens is 3. The fourth-order valence-electron chi connectivity index (χ4n) is 2.40. The summed E-state index contributed by atoms with van der Waals surface area (Å²) in [5.74, 6) is -0.401. The average Bonchev–Trinajstić information content (AvgIpc) is 3.15. The molecule has 0 aliphatic rings. The van der Waals surface area contributed by atoms with Crippen LogP contribution in [-0.4, -0.2) is 39.4 Å². The van der Waals surface area contributed by atoms with Crippen LogP contribution in [0.3, 0.4) is 0 Å². The molecule has 8 nitrogen and oxygen atoms in total. The topological polar surface area (TPSA) is 112 Å². The minimum absolute atomic E-state index is 0.0726. The number of hydrogen-bond donors (Lipinski definition) is 2. The van der Waals surface area contributed by atoms with Gasteiger partial charge >= 0.3 is 0 Å². The monoisotopic (exact) mass is 417 g/mol. The Morgan fingerprint density at radius 2 is 2.11 bits per heavy atom. The number of carbonyl (C=O) groups is 2. The molecule has 1 aromatic heterocycles. The summed E-state index contributed by atoms with van der Waals surface area (Å²) < 4.78 is 6.94. The van der Waals surface area contributed by atoms with Gasteiger partial charge in [-0.2, -0.15) is 0 Å². The second-order valence-corrected chi connectivity index (χ2v) is 6.96. The molecule has 10 heteroatoms. The highest BCUT2D eigenvalue weighted by atomic mass is 35.5. The number of nitrogens with zero attached hydrogens (tertiary/aromatic N) is 3. The van der Waals surface area contributed by atoms with Crippen molar-refractivity contribution in [2.45, 2.75) is 5.16 Å². The first-order valence-electron chi connectivity index (χ1n) is 8.04. The summed E-state index contributed by atoms with van der Waals surface area (Å²) in [7, 11) is 1.47. The fraction of sp³-hybridized carbons (Fsp3) is 0.111. The zero-order valence-electron chi connectivity index (χ0n) is 14.8. The Kier molecular flexibility index (Phi) is 6.17. The number of hydrogen-bond acceptors (Lipinski definition) is 6. The number of benzene rings is 2. The largest absolute Gasteiger partial charge is 0.495 e. The predicted octanol–water partition coefficient (Wildman–Crippen LogP) is 2.76. The number of ether oxygens (including phenoxy) is 1. The number of amides is 2. The van der Waals surface area contributed by atoms with Crippen molar-refractivity contribution in [2.24, 2.45) is 5.73 Å². The van der Waals surface area contributed by atoms with Crippen molar-refractivity contribution < 1.29 is 14.3 Å². The maximum atomic E-state index is 12.4. The lowest BCUT2D eigenvalue weighted by Gasteiger charge is -2.11. The molecule has 0 spiro atoms. The highest BCUT2D eigenvalue weighted by molar-refractivity contribution is 7.99. The van der Waals surface area contributed by atoms with Gasteiger partial charge < -0.3 is 15.8 Å². The van der Waals surface area contributed by atoms with Gasteiger partial charge in [0.1, 0.15) is 12.1 Å². The van der Waals surface area contributed by atoms with Crippen LogP contribution in [0.4, 0.5) is 5.69 Å². The molecule has 0 aliphatic heterocycles. The van der Waals surface area contributed by atoms with Crippen molar-refractivity contribution >= 4 is 40.9 Å². The molecule has 2 amide bonds. The first-order chi connectivity index (χ1) is 13.5. The maximum absolute atomic E-state index is 12.4. The number of rotatable bonds is 7. The van der Waals surface area contributed by atoms with Gasteiger partial charge in [-0.05, 0) is 36.4 Å². The SMILES string of the molecule is COc1ccc(C(N)=O)cc1NC(=O)CSc1nncn1-c1cccc(Cl)c1. The molecule has 1 heterocycles. The molecule has 0 saturated carbocycles. The van der Waals surface area contributed by atoms with Gasteiger partial charge in [0.05, 0.1) is 24.2 Å². The van der Waals surface area contributed by atoms with Crippen molar-refractivity contribution in [1.29, 1.82) is 0 Å². The van der Waals surface area contributed by atoms with Crippen molar-refractivity contribution in [3.63, 3.8) is 0 Å². The van der Waals surface area contributed by atoms with E-state index in [9.17, 15) is 9.59 Å². The Balaban J connectivity index is 1.70. The molecule has 0 atom stereocenters. The Bertz CT molecular complexity index is 1020. The molecule has 3 aromatic rings. The molecule has 28 heavy (non-hydrogen) atoms. The molecule has 144 valence electrons. The molecule has 0 fully saturated rings. The van der Waals surface area contributed by atoms with Gasteiger partial charge in [-0.3, -0.25) is 14.2 Å². The van der Waals surface area contributed by atoms with E-state index < -0.39 is 5.91 Å². The molecule has 2 aromatic carbocycles. The molecule has 0 bridgehead atoms. The Hall–Kier alpha value is -3.04. The number of methoxy groups -OCH3 is 1. The molecule has 3 N–H and O–H groups in total. The Morgan fingerprint density at radius 3 is 2.82 bits per heavy atom. The maximum Gasteiger partial charge on any atom is 0.248 e. The fourth-order valence-corrected chi connectivity index (χ4v) is 3.31. The third-order valence-corrected chi connectivity index (χ3v) is 4.87. The predicted molar refractivity (Wildman–Crippen MR) is 107 cm³/mol. The zero-order chi connectivity index (χ0) is 20.1. The molecular weight excluding hydrogens is 402 g/mol. The number of primary amides is 1. The number of nitrogens with two attached hydrogens (primary N) is 1. The van der Waals surface area contributed by atoms with Gasteiger partial charge in [0, 0.05) is 10.6 Å². The van der Waals surface area contributed by atoms with Gasteiger partial charge in [-0.15, -0.1) is 10.2 Å². The minimum Gasteiger partial charge on any atom is -0.495 e. The highest BCUT2D eigenvalue weighted by Gasteiger charge is 2.14. The van der Waals surface area contributed by atoms with Crippen molar-refractivity contribution in [1.82, 2.24) is 14.8 Å². The summed E-state index contributed by atoms with van der Waals surface area (Å²) in [5.41, 5.74) is 6.70. The lowest BCUT2D eigenvalue weighted by molar-refractivity contribution is -0.113. The van der Waals surface area contributed by atoms with E-state index in [1.807, 2.05) is 12.1 Å². The molecule has 0 radical (unpaired) electrons. The van der Waals surface area contributed by atoms with Gasteiger partial charge in [0.25, 0.3) is 0 Å². The first-order valence-corrected chi connectivity index (χ1v) is 9.40. The van der Waals surface area contributed by atoms with Crippen LogP contribution in [-0.2, 0) is 4.79 Å². The number of halogens is 1. The van der Waals surface area contributed by atoms with E-state index in [-0.39, 0.29) is 17.2 Å². The van der Waals surface area contributed by atoms with Crippen LogP contribution in [0.15, 0.2) is 53.9 Å². The molecule has 3 rings (SSSR count). The number of nitrogens with one attached hydrogen (secondary N) is 1. The van der Waals surface area contributed by atoms with E-state index in [4.69, 9.17) is 22.1 Å². The smallest absolute Gasteiger partial charge is 0.248 e.